The molecule has 0 saturated carbocycles. The molecule has 0 amide bonds. The van der Waals surface area contributed by atoms with Crippen LogP contribution in [0.2, 0.25) is 5.02 Å². The fraction of sp³-hybridized carbons (Fsp3) is 0.571. The van der Waals surface area contributed by atoms with Gasteiger partial charge in [0, 0.05) is 23.4 Å². The summed E-state index contributed by atoms with van der Waals surface area (Å²) in [5.41, 5.74) is 1.10. The first kappa shape index (κ1) is 12.7. The van der Waals surface area contributed by atoms with Crippen molar-refractivity contribution >= 4 is 17.3 Å². The van der Waals surface area contributed by atoms with E-state index >= 15 is 0 Å². The minimum Gasteiger partial charge on any atom is -0.382 e. The van der Waals surface area contributed by atoms with E-state index in [1.165, 1.54) is 0 Å². The summed E-state index contributed by atoms with van der Waals surface area (Å²) < 4.78 is 5.76. The van der Waals surface area contributed by atoms with Gasteiger partial charge in [-0.2, -0.15) is 0 Å². The number of hydrogen-bond donors (Lipinski definition) is 1. The molecule has 1 aromatic rings. The summed E-state index contributed by atoms with van der Waals surface area (Å²) in [6.45, 7) is 5.28. The Bertz CT molecular complexity index is 367. The van der Waals surface area contributed by atoms with Gasteiger partial charge in [-0.05, 0) is 37.0 Å². The van der Waals surface area contributed by atoms with Crippen LogP contribution in [-0.2, 0) is 4.74 Å². The zero-order valence-electron chi connectivity index (χ0n) is 10.4. The Kier molecular flexibility index (Phi) is 4.30. The molecule has 3 heteroatoms. The van der Waals surface area contributed by atoms with Crippen molar-refractivity contribution in [3.05, 3.63) is 29.3 Å². The number of anilines is 1. The van der Waals surface area contributed by atoms with Gasteiger partial charge in [-0.1, -0.05) is 31.5 Å². The molecule has 1 aromatic carbocycles. The van der Waals surface area contributed by atoms with Crippen molar-refractivity contribution in [3.8, 4) is 0 Å². The molecule has 0 aliphatic carbocycles. The largest absolute Gasteiger partial charge is 0.382 e. The molecule has 0 bridgehead atoms. The number of ether oxygens (including phenoxy) is 1. The Balaban J connectivity index is 1.94. The highest BCUT2D eigenvalue weighted by atomic mass is 35.5. The fourth-order valence-electron chi connectivity index (χ4n) is 2.24. The van der Waals surface area contributed by atoms with Gasteiger partial charge < -0.3 is 10.1 Å². The number of hydrogen-bond acceptors (Lipinski definition) is 2. The van der Waals surface area contributed by atoms with Crippen molar-refractivity contribution in [2.45, 2.75) is 38.8 Å². The molecule has 0 spiro atoms. The lowest BCUT2D eigenvalue weighted by molar-refractivity contribution is -0.0160. The molecule has 2 nitrogen and oxygen atoms in total. The quantitative estimate of drug-likeness (QED) is 0.881. The van der Waals surface area contributed by atoms with Crippen LogP contribution in [0, 0.1) is 5.92 Å². The Morgan fingerprint density at radius 2 is 2.24 bits per heavy atom. The first-order valence-corrected chi connectivity index (χ1v) is 6.66. The molecule has 1 fully saturated rings. The number of benzene rings is 1. The summed E-state index contributed by atoms with van der Waals surface area (Å²) in [7, 11) is 0. The normalized spacial score (nSPS) is 24.9. The minimum absolute atomic E-state index is 0.375. The average molecular weight is 254 g/mol. The van der Waals surface area contributed by atoms with E-state index in [-0.39, 0.29) is 0 Å². The van der Waals surface area contributed by atoms with Crippen LogP contribution in [0.1, 0.15) is 26.7 Å². The van der Waals surface area contributed by atoms with Gasteiger partial charge in [-0.15, -0.1) is 0 Å². The standard InChI is InChI=1S/C14H20ClNO/c1-10(2)14-9-13(6-7-17-14)16-12-5-3-4-11(15)8-12/h3-5,8,10,13-14,16H,6-7,9H2,1-2H3. The van der Waals surface area contributed by atoms with E-state index < -0.39 is 0 Å². The van der Waals surface area contributed by atoms with E-state index in [2.05, 4.69) is 25.2 Å². The van der Waals surface area contributed by atoms with Crippen molar-refractivity contribution in [2.24, 2.45) is 5.92 Å². The summed E-state index contributed by atoms with van der Waals surface area (Å²) in [4.78, 5) is 0. The zero-order chi connectivity index (χ0) is 12.3. The third-order valence-electron chi connectivity index (χ3n) is 3.25. The summed E-state index contributed by atoms with van der Waals surface area (Å²) in [6, 6.07) is 8.40. The number of rotatable bonds is 3. The van der Waals surface area contributed by atoms with Crippen LogP contribution in [0.25, 0.3) is 0 Å². The molecule has 1 saturated heterocycles. The van der Waals surface area contributed by atoms with E-state index in [0.717, 1.165) is 30.2 Å². The SMILES string of the molecule is CC(C)C1CC(Nc2cccc(Cl)c2)CCO1. The Labute approximate surface area is 108 Å². The molecule has 17 heavy (non-hydrogen) atoms. The van der Waals surface area contributed by atoms with Crippen molar-refractivity contribution < 1.29 is 4.74 Å². The molecule has 1 aliphatic heterocycles. The summed E-state index contributed by atoms with van der Waals surface area (Å²) >= 11 is 5.98. The van der Waals surface area contributed by atoms with E-state index in [0.29, 0.717) is 18.1 Å². The second-order valence-corrected chi connectivity index (χ2v) is 5.47. The van der Waals surface area contributed by atoms with Gasteiger partial charge in [0.15, 0.2) is 0 Å². The maximum Gasteiger partial charge on any atom is 0.0617 e. The highest BCUT2D eigenvalue weighted by Crippen LogP contribution is 2.24. The monoisotopic (exact) mass is 253 g/mol. The summed E-state index contributed by atoms with van der Waals surface area (Å²) in [5.74, 6) is 0.582. The number of halogens is 1. The Morgan fingerprint density at radius 1 is 1.41 bits per heavy atom. The molecule has 1 aliphatic rings. The van der Waals surface area contributed by atoms with E-state index in [1.807, 2.05) is 18.2 Å². The molecular formula is C14H20ClNO. The van der Waals surface area contributed by atoms with Crippen LogP contribution in [0.5, 0.6) is 0 Å². The van der Waals surface area contributed by atoms with Crippen LogP contribution in [0.3, 0.4) is 0 Å². The fourth-order valence-corrected chi connectivity index (χ4v) is 2.43. The predicted molar refractivity (Wildman–Crippen MR) is 72.7 cm³/mol. The van der Waals surface area contributed by atoms with Crippen molar-refractivity contribution in [3.63, 3.8) is 0 Å². The predicted octanol–water partition coefficient (Wildman–Crippen LogP) is 3.96. The van der Waals surface area contributed by atoms with E-state index in [4.69, 9.17) is 16.3 Å². The van der Waals surface area contributed by atoms with Gasteiger partial charge in [-0.25, -0.2) is 0 Å². The average Bonchev–Trinajstić information content (AvgIpc) is 2.29. The van der Waals surface area contributed by atoms with Crippen LogP contribution >= 0.6 is 11.6 Å². The second kappa shape index (κ2) is 5.74. The lowest BCUT2D eigenvalue weighted by atomic mass is 9.95. The van der Waals surface area contributed by atoms with Gasteiger partial charge in [0.25, 0.3) is 0 Å². The van der Waals surface area contributed by atoms with Crippen LogP contribution < -0.4 is 5.32 Å². The zero-order valence-corrected chi connectivity index (χ0v) is 11.2. The summed E-state index contributed by atoms with van der Waals surface area (Å²) in [6.07, 6.45) is 2.51. The summed E-state index contributed by atoms with van der Waals surface area (Å²) in [5, 5.41) is 4.32. The highest BCUT2D eigenvalue weighted by molar-refractivity contribution is 6.30. The Hall–Kier alpha value is -0.730. The lowest BCUT2D eigenvalue weighted by Gasteiger charge is -2.33. The van der Waals surface area contributed by atoms with Crippen LogP contribution in [0.15, 0.2) is 24.3 Å². The Morgan fingerprint density at radius 3 is 2.94 bits per heavy atom. The molecule has 2 rings (SSSR count). The topological polar surface area (TPSA) is 21.3 Å². The molecule has 1 N–H and O–H groups in total. The highest BCUT2D eigenvalue weighted by Gasteiger charge is 2.24. The van der Waals surface area contributed by atoms with Gasteiger partial charge in [0.1, 0.15) is 0 Å². The molecule has 0 radical (unpaired) electrons. The maximum atomic E-state index is 5.98. The molecule has 1 heterocycles. The maximum absolute atomic E-state index is 5.98. The first-order valence-electron chi connectivity index (χ1n) is 6.29. The van der Waals surface area contributed by atoms with Gasteiger partial charge in [-0.3, -0.25) is 0 Å². The third kappa shape index (κ3) is 3.62. The minimum atomic E-state index is 0.375. The number of nitrogens with one attached hydrogen (secondary N) is 1. The van der Waals surface area contributed by atoms with Gasteiger partial charge in [0.05, 0.1) is 6.10 Å². The smallest absolute Gasteiger partial charge is 0.0617 e. The van der Waals surface area contributed by atoms with Gasteiger partial charge >= 0.3 is 0 Å². The van der Waals surface area contributed by atoms with Crippen molar-refractivity contribution in [2.75, 3.05) is 11.9 Å². The van der Waals surface area contributed by atoms with Crippen molar-refractivity contribution in [1.29, 1.82) is 0 Å². The lowest BCUT2D eigenvalue weighted by Crippen LogP contribution is -2.36. The van der Waals surface area contributed by atoms with E-state index in [9.17, 15) is 0 Å². The van der Waals surface area contributed by atoms with Crippen LogP contribution in [-0.4, -0.2) is 18.8 Å². The second-order valence-electron chi connectivity index (χ2n) is 5.03. The molecule has 2 unspecified atom stereocenters. The molecular weight excluding hydrogens is 234 g/mol. The molecule has 0 aromatic heterocycles. The first-order chi connectivity index (χ1) is 8.15. The van der Waals surface area contributed by atoms with E-state index in [1.54, 1.807) is 0 Å². The molecule has 2 atom stereocenters. The van der Waals surface area contributed by atoms with Gasteiger partial charge in [0.2, 0.25) is 0 Å². The van der Waals surface area contributed by atoms with Crippen LogP contribution in [0.4, 0.5) is 5.69 Å². The third-order valence-corrected chi connectivity index (χ3v) is 3.49. The molecule has 94 valence electrons. The van der Waals surface area contributed by atoms with Crippen molar-refractivity contribution in [1.82, 2.24) is 0 Å².